The molecule has 0 radical (unpaired) electrons. The van der Waals surface area contributed by atoms with Crippen LogP contribution in [0.25, 0.3) is 10.9 Å². The van der Waals surface area contributed by atoms with Gasteiger partial charge in [-0.15, -0.1) is 0 Å². The third kappa shape index (κ3) is 1.51. The standard InChI is InChI=1S/C15H21N3/c1-9-4-5-11-12-6-7-18(3)13(8-16)15(12)17-14(11)10(9)2/h4-5,13,17H,6-8,16H2,1-3H3. The highest BCUT2D eigenvalue weighted by atomic mass is 15.2. The second-order valence-corrected chi connectivity index (χ2v) is 5.43. The van der Waals surface area contributed by atoms with Crippen molar-refractivity contribution in [3.63, 3.8) is 0 Å². The van der Waals surface area contributed by atoms with Gasteiger partial charge in [-0.25, -0.2) is 0 Å². The van der Waals surface area contributed by atoms with Gasteiger partial charge < -0.3 is 10.7 Å². The van der Waals surface area contributed by atoms with Crippen molar-refractivity contribution >= 4 is 10.9 Å². The van der Waals surface area contributed by atoms with Gasteiger partial charge in [0.2, 0.25) is 0 Å². The zero-order valence-corrected chi connectivity index (χ0v) is 11.4. The molecule has 0 saturated carbocycles. The Hall–Kier alpha value is -1.32. The van der Waals surface area contributed by atoms with Crippen LogP contribution in [0.5, 0.6) is 0 Å². The lowest BCUT2D eigenvalue weighted by molar-refractivity contribution is 0.233. The molecular weight excluding hydrogens is 222 g/mol. The molecule has 1 aliphatic rings. The van der Waals surface area contributed by atoms with E-state index in [1.54, 1.807) is 0 Å². The molecule has 0 spiro atoms. The Balaban J connectivity index is 2.27. The first-order valence-electron chi connectivity index (χ1n) is 6.64. The third-order valence-corrected chi connectivity index (χ3v) is 4.45. The van der Waals surface area contributed by atoms with E-state index in [-0.39, 0.29) is 0 Å². The molecule has 1 aromatic carbocycles. The normalized spacial score (nSPS) is 20.3. The summed E-state index contributed by atoms with van der Waals surface area (Å²) in [5, 5.41) is 1.39. The maximum Gasteiger partial charge on any atom is 0.0623 e. The third-order valence-electron chi connectivity index (χ3n) is 4.45. The summed E-state index contributed by atoms with van der Waals surface area (Å²) >= 11 is 0. The van der Waals surface area contributed by atoms with E-state index >= 15 is 0 Å². The summed E-state index contributed by atoms with van der Waals surface area (Å²) in [6, 6.07) is 4.81. The lowest BCUT2D eigenvalue weighted by Gasteiger charge is -2.31. The Morgan fingerprint density at radius 1 is 1.39 bits per heavy atom. The summed E-state index contributed by atoms with van der Waals surface area (Å²) in [4.78, 5) is 5.98. The number of hydrogen-bond acceptors (Lipinski definition) is 2. The van der Waals surface area contributed by atoms with Crippen LogP contribution < -0.4 is 5.73 Å². The maximum atomic E-state index is 5.94. The highest BCUT2D eigenvalue weighted by molar-refractivity contribution is 5.88. The number of aromatic nitrogens is 1. The van der Waals surface area contributed by atoms with Gasteiger partial charge in [0, 0.05) is 29.7 Å². The van der Waals surface area contributed by atoms with E-state index in [1.165, 1.54) is 33.3 Å². The fourth-order valence-corrected chi connectivity index (χ4v) is 3.10. The average molecular weight is 243 g/mol. The zero-order valence-electron chi connectivity index (χ0n) is 11.4. The first kappa shape index (κ1) is 11.8. The van der Waals surface area contributed by atoms with Crippen LogP contribution in [0.3, 0.4) is 0 Å². The summed E-state index contributed by atoms with van der Waals surface area (Å²) < 4.78 is 0. The molecule has 1 aromatic heterocycles. The molecular formula is C15H21N3. The lowest BCUT2D eigenvalue weighted by atomic mass is 9.96. The van der Waals surface area contributed by atoms with E-state index in [0.29, 0.717) is 12.6 Å². The Bertz CT molecular complexity index is 597. The molecule has 0 aliphatic carbocycles. The molecule has 0 amide bonds. The second-order valence-electron chi connectivity index (χ2n) is 5.43. The van der Waals surface area contributed by atoms with Crippen molar-refractivity contribution in [3.05, 3.63) is 34.5 Å². The summed E-state index contributed by atoms with van der Waals surface area (Å²) in [5.41, 5.74) is 12.7. The van der Waals surface area contributed by atoms with Crippen LogP contribution in [0.4, 0.5) is 0 Å². The van der Waals surface area contributed by atoms with Crippen molar-refractivity contribution < 1.29 is 0 Å². The summed E-state index contributed by atoms with van der Waals surface area (Å²) in [6.07, 6.45) is 1.12. The van der Waals surface area contributed by atoms with Gasteiger partial charge in [0.25, 0.3) is 0 Å². The van der Waals surface area contributed by atoms with Crippen molar-refractivity contribution in [2.45, 2.75) is 26.3 Å². The van der Waals surface area contributed by atoms with E-state index in [2.05, 4.69) is 42.9 Å². The number of nitrogens with one attached hydrogen (secondary N) is 1. The smallest absolute Gasteiger partial charge is 0.0623 e. The van der Waals surface area contributed by atoms with Crippen LogP contribution in [0, 0.1) is 13.8 Å². The van der Waals surface area contributed by atoms with E-state index in [1.807, 2.05) is 0 Å². The minimum absolute atomic E-state index is 0.334. The number of hydrogen-bond donors (Lipinski definition) is 2. The Labute approximate surface area is 108 Å². The van der Waals surface area contributed by atoms with Gasteiger partial charge in [0.1, 0.15) is 0 Å². The van der Waals surface area contributed by atoms with Gasteiger partial charge in [-0.2, -0.15) is 0 Å². The highest BCUT2D eigenvalue weighted by Gasteiger charge is 2.27. The van der Waals surface area contributed by atoms with Crippen LogP contribution in [0.15, 0.2) is 12.1 Å². The van der Waals surface area contributed by atoms with E-state index in [0.717, 1.165) is 13.0 Å². The predicted octanol–water partition coefficient (Wildman–Crippen LogP) is 2.27. The van der Waals surface area contributed by atoms with E-state index < -0.39 is 0 Å². The maximum absolute atomic E-state index is 5.94. The molecule has 0 fully saturated rings. The van der Waals surface area contributed by atoms with Crippen LogP contribution >= 0.6 is 0 Å². The summed E-state index contributed by atoms with van der Waals surface area (Å²) in [5.74, 6) is 0. The number of H-pyrrole nitrogens is 1. The average Bonchev–Trinajstić information content (AvgIpc) is 2.73. The number of benzene rings is 1. The minimum atomic E-state index is 0.334. The second kappa shape index (κ2) is 4.11. The van der Waals surface area contributed by atoms with Crippen LogP contribution in [-0.2, 0) is 6.42 Å². The number of nitrogens with two attached hydrogens (primary N) is 1. The molecule has 1 aliphatic heterocycles. The molecule has 1 atom stereocenters. The number of aryl methyl sites for hydroxylation is 2. The van der Waals surface area contributed by atoms with Crippen LogP contribution in [0.1, 0.15) is 28.4 Å². The molecule has 3 rings (SSSR count). The van der Waals surface area contributed by atoms with Gasteiger partial charge >= 0.3 is 0 Å². The van der Waals surface area contributed by atoms with Crippen LogP contribution in [0.2, 0.25) is 0 Å². The molecule has 2 aromatic rings. The molecule has 3 nitrogen and oxygen atoms in total. The van der Waals surface area contributed by atoms with Crippen molar-refractivity contribution in [2.24, 2.45) is 5.73 Å². The number of fused-ring (bicyclic) bond motifs is 3. The quantitative estimate of drug-likeness (QED) is 0.807. The fraction of sp³-hybridized carbons (Fsp3) is 0.467. The van der Waals surface area contributed by atoms with Crippen molar-refractivity contribution in [2.75, 3.05) is 20.1 Å². The van der Waals surface area contributed by atoms with Gasteiger partial charge in [0.05, 0.1) is 6.04 Å². The molecule has 0 bridgehead atoms. The molecule has 0 saturated heterocycles. The Kier molecular flexibility index (Phi) is 2.68. The molecule has 3 heteroatoms. The van der Waals surface area contributed by atoms with Crippen molar-refractivity contribution in [1.82, 2.24) is 9.88 Å². The number of rotatable bonds is 1. The molecule has 3 N–H and O–H groups in total. The lowest BCUT2D eigenvalue weighted by Crippen LogP contribution is -2.36. The molecule has 1 unspecified atom stereocenters. The number of nitrogens with zero attached hydrogens (tertiary/aromatic N) is 1. The number of likely N-dealkylation sites (N-methyl/N-ethyl adjacent to an activating group) is 1. The monoisotopic (exact) mass is 243 g/mol. The van der Waals surface area contributed by atoms with Crippen molar-refractivity contribution in [1.29, 1.82) is 0 Å². The molecule has 96 valence electrons. The van der Waals surface area contributed by atoms with Crippen LogP contribution in [-0.4, -0.2) is 30.0 Å². The Morgan fingerprint density at radius 3 is 2.89 bits per heavy atom. The van der Waals surface area contributed by atoms with Gasteiger partial charge in [-0.1, -0.05) is 12.1 Å². The topological polar surface area (TPSA) is 45.1 Å². The van der Waals surface area contributed by atoms with Gasteiger partial charge in [-0.05, 0) is 44.0 Å². The number of aromatic amines is 1. The first-order valence-corrected chi connectivity index (χ1v) is 6.64. The van der Waals surface area contributed by atoms with Gasteiger partial charge in [-0.3, -0.25) is 4.90 Å². The summed E-state index contributed by atoms with van der Waals surface area (Å²) in [7, 11) is 2.16. The zero-order chi connectivity index (χ0) is 12.9. The van der Waals surface area contributed by atoms with E-state index in [4.69, 9.17) is 5.73 Å². The minimum Gasteiger partial charge on any atom is -0.357 e. The first-order chi connectivity index (χ1) is 8.63. The van der Waals surface area contributed by atoms with Crippen molar-refractivity contribution in [3.8, 4) is 0 Å². The molecule has 2 heterocycles. The van der Waals surface area contributed by atoms with E-state index in [9.17, 15) is 0 Å². The molecule has 18 heavy (non-hydrogen) atoms. The predicted molar refractivity (Wildman–Crippen MR) is 75.9 cm³/mol. The fourth-order valence-electron chi connectivity index (χ4n) is 3.10. The summed E-state index contributed by atoms with van der Waals surface area (Å²) in [6.45, 7) is 6.13. The largest absolute Gasteiger partial charge is 0.357 e. The SMILES string of the molecule is Cc1ccc2c3c([nH]c2c1C)C(CN)N(C)CC3. The Morgan fingerprint density at radius 2 is 2.17 bits per heavy atom. The highest BCUT2D eigenvalue weighted by Crippen LogP contribution is 2.34. The van der Waals surface area contributed by atoms with Gasteiger partial charge in [0.15, 0.2) is 0 Å².